The summed E-state index contributed by atoms with van der Waals surface area (Å²) in [6.07, 6.45) is 4.82. The van der Waals surface area contributed by atoms with Gasteiger partial charge in [-0.3, -0.25) is 14.5 Å². The first-order valence-electron chi connectivity index (χ1n) is 8.00. The number of piperidine rings is 1. The molecule has 0 N–H and O–H groups in total. The number of hydrogen-bond acceptors (Lipinski definition) is 3. The highest BCUT2D eigenvalue weighted by Gasteiger charge is 2.44. The molecule has 0 spiro atoms. The van der Waals surface area contributed by atoms with Gasteiger partial charge < -0.3 is 0 Å². The Bertz CT molecular complexity index is 573. The number of halogens is 1. The number of benzene rings is 1. The Balaban J connectivity index is 1.83. The van der Waals surface area contributed by atoms with Gasteiger partial charge in [0.1, 0.15) is 0 Å². The summed E-state index contributed by atoms with van der Waals surface area (Å²) in [4.78, 5) is 28.8. The third kappa shape index (κ3) is 2.84. The number of amides is 2. The van der Waals surface area contributed by atoms with Gasteiger partial charge in [-0.1, -0.05) is 29.3 Å². The Morgan fingerprint density at radius 1 is 1.18 bits per heavy atom. The van der Waals surface area contributed by atoms with Gasteiger partial charge in [-0.05, 0) is 50.1 Å². The highest BCUT2D eigenvalue weighted by Crippen LogP contribution is 2.31. The molecule has 0 bridgehead atoms. The highest BCUT2D eigenvalue weighted by atomic mass is 79.9. The first-order valence-corrected chi connectivity index (χ1v) is 8.79. The normalized spacial score (nSPS) is 26.7. The van der Waals surface area contributed by atoms with E-state index in [1.165, 1.54) is 11.3 Å². The van der Waals surface area contributed by atoms with Crippen LogP contribution in [0.15, 0.2) is 28.7 Å². The first-order chi connectivity index (χ1) is 10.6. The van der Waals surface area contributed by atoms with Gasteiger partial charge in [-0.25, -0.2) is 4.90 Å². The Morgan fingerprint density at radius 3 is 2.59 bits per heavy atom. The molecule has 0 aromatic heterocycles. The van der Waals surface area contributed by atoms with Crippen molar-refractivity contribution in [2.24, 2.45) is 0 Å². The van der Waals surface area contributed by atoms with Gasteiger partial charge >= 0.3 is 0 Å². The van der Waals surface area contributed by atoms with Crippen molar-refractivity contribution in [3.8, 4) is 0 Å². The van der Waals surface area contributed by atoms with Crippen LogP contribution in [0.4, 0.5) is 5.69 Å². The van der Waals surface area contributed by atoms with Gasteiger partial charge in [-0.15, -0.1) is 0 Å². The lowest BCUT2D eigenvalue weighted by Crippen LogP contribution is -2.49. The van der Waals surface area contributed by atoms with E-state index < -0.39 is 0 Å². The Hall–Kier alpha value is -1.20. The molecular formula is C17H21BrN2O2. The predicted octanol–water partition coefficient (Wildman–Crippen LogP) is 3.35. The van der Waals surface area contributed by atoms with Gasteiger partial charge in [0, 0.05) is 10.5 Å². The van der Waals surface area contributed by atoms with Gasteiger partial charge in [0.05, 0.1) is 18.2 Å². The predicted molar refractivity (Wildman–Crippen MR) is 89.7 cm³/mol. The van der Waals surface area contributed by atoms with E-state index in [4.69, 9.17) is 0 Å². The summed E-state index contributed by atoms with van der Waals surface area (Å²) in [7, 11) is 0. The summed E-state index contributed by atoms with van der Waals surface area (Å²) in [5.41, 5.74) is 0.672. The van der Waals surface area contributed by atoms with Crippen LogP contribution in [0.1, 0.15) is 39.0 Å². The lowest BCUT2D eigenvalue weighted by atomic mass is 9.97. The lowest BCUT2D eigenvalue weighted by molar-refractivity contribution is -0.123. The minimum Gasteiger partial charge on any atom is -0.289 e. The highest BCUT2D eigenvalue weighted by molar-refractivity contribution is 9.10. The van der Waals surface area contributed by atoms with Crippen molar-refractivity contribution >= 4 is 33.4 Å². The van der Waals surface area contributed by atoms with Gasteiger partial charge in [0.15, 0.2) is 0 Å². The molecule has 0 aliphatic carbocycles. The van der Waals surface area contributed by atoms with Gasteiger partial charge in [-0.2, -0.15) is 0 Å². The molecule has 2 amide bonds. The number of likely N-dealkylation sites (tertiary alicyclic amines) is 1. The largest absolute Gasteiger partial charge is 0.289 e. The van der Waals surface area contributed by atoms with Crippen molar-refractivity contribution in [2.75, 3.05) is 11.4 Å². The fourth-order valence-electron chi connectivity index (χ4n) is 3.61. The van der Waals surface area contributed by atoms with E-state index in [9.17, 15) is 9.59 Å². The van der Waals surface area contributed by atoms with Crippen LogP contribution in [0.5, 0.6) is 0 Å². The van der Waals surface area contributed by atoms with Crippen LogP contribution in [0.3, 0.4) is 0 Å². The van der Waals surface area contributed by atoms with Crippen molar-refractivity contribution in [1.82, 2.24) is 4.90 Å². The second-order valence-electron chi connectivity index (χ2n) is 6.06. The summed E-state index contributed by atoms with van der Waals surface area (Å²) in [5, 5.41) is 0. The minimum absolute atomic E-state index is 0.0623. The Kier molecular flexibility index (Phi) is 4.64. The van der Waals surface area contributed by atoms with E-state index in [0.717, 1.165) is 30.3 Å². The third-order valence-corrected chi connectivity index (χ3v) is 5.28. The van der Waals surface area contributed by atoms with Crippen molar-refractivity contribution < 1.29 is 9.59 Å². The van der Waals surface area contributed by atoms with Crippen molar-refractivity contribution in [2.45, 2.75) is 51.1 Å². The van der Waals surface area contributed by atoms with Crippen molar-refractivity contribution in [1.29, 1.82) is 0 Å². The van der Waals surface area contributed by atoms with E-state index in [1.54, 1.807) is 0 Å². The van der Waals surface area contributed by atoms with Crippen LogP contribution in [0.2, 0.25) is 0 Å². The number of carbonyl (C=O) groups excluding carboxylic acids is 2. The standard InChI is InChI=1S/C17H21BrN2O2/c1-2-13-5-3-4-10-19(13)15-11-16(21)20(17(15)22)14-8-6-12(18)7-9-14/h6-9,13,15H,2-5,10-11H2,1H3. The molecular weight excluding hydrogens is 344 g/mol. The Labute approximate surface area is 139 Å². The maximum Gasteiger partial charge on any atom is 0.251 e. The number of carbonyl (C=O) groups is 2. The second kappa shape index (κ2) is 6.50. The van der Waals surface area contributed by atoms with Crippen LogP contribution in [-0.4, -0.2) is 35.3 Å². The molecule has 1 aromatic rings. The molecule has 3 rings (SSSR count). The SMILES string of the molecule is CCC1CCCCN1C1CC(=O)N(c2ccc(Br)cc2)C1=O. The zero-order valence-electron chi connectivity index (χ0n) is 12.8. The lowest BCUT2D eigenvalue weighted by Gasteiger charge is -2.38. The smallest absolute Gasteiger partial charge is 0.251 e. The molecule has 2 aliphatic rings. The summed E-state index contributed by atoms with van der Waals surface area (Å²) in [5.74, 6) is -0.148. The molecule has 2 fully saturated rings. The van der Waals surface area contributed by atoms with E-state index in [2.05, 4.69) is 27.8 Å². The number of nitrogens with zero attached hydrogens (tertiary/aromatic N) is 2. The molecule has 2 saturated heterocycles. The van der Waals surface area contributed by atoms with Crippen LogP contribution in [-0.2, 0) is 9.59 Å². The summed E-state index contributed by atoms with van der Waals surface area (Å²) < 4.78 is 0.939. The molecule has 2 aliphatic heterocycles. The van der Waals surface area contributed by atoms with Crippen molar-refractivity contribution in [3.05, 3.63) is 28.7 Å². The molecule has 0 radical (unpaired) electrons. The fourth-order valence-corrected chi connectivity index (χ4v) is 3.87. The molecule has 0 saturated carbocycles. The Morgan fingerprint density at radius 2 is 1.91 bits per heavy atom. The van der Waals surface area contributed by atoms with E-state index in [0.29, 0.717) is 18.2 Å². The number of imide groups is 1. The van der Waals surface area contributed by atoms with Crippen LogP contribution >= 0.6 is 15.9 Å². The number of rotatable bonds is 3. The minimum atomic E-state index is -0.276. The molecule has 2 atom stereocenters. The molecule has 22 heavy (non-hydrogen) atoms. The average Bonchev–Trinajstić information content (AvgIpc) is 2.83. The van der Waals surface area contributed by atoms with E-state index in [1.807, 2.05) is 24.3 Å². The van der Waals surface area contributed by atoms with Crippen LogP contribution in [0.25, 0.3) is 0 Å². The topological polar surface area (TPSA) is 40.6 Å². The maximum atomic E-state index is 12.8. The zero-order chi connectivity index (χ0) is 15.7. The van der Waals surface area contributed by atoms with Crippen LogP contribution in [0, 0.1) is 0 Å². The monoisotopic (exact) mass is 364 g/mol. The third-order valence-electron chi connectivity index (χ3n) is 4.75. The molecule has 118 valence electrons. The van der Waals surface area contributed by atoms with Gasteiger partial charge in [0.25, 0.3) is 5.91 Å². The fraction of sp³-hybridized carbons (Fsp3) is 0.529. The molecule has 2 heterocycles. The summed E-state index contributed by atoms with van der Waals surface area (Å²) in [6.45, 7) is 3.09. The second-order valence-corrected chi connectivity index (χ2v) is 6.98. The van der Waals surface area contributed by atoms with Crippen LogP contribution < -0.4 is 4.90 Å². The summed E-state index contributed by atoms with van der Waals surface area (Å²) >= 11 is 3.38. The number of hydrogen-bond donors (Lipinski definition) is 0. The van der Waals surface area contributed by atoms with E-state index in [-0.39, 0.29) is 17.9 Å². The summed E-state index contributed by atoms with van der Waals surface area (Å²) in [6, 6.07) is 7.51. The number of anilines is 1. The van der Waals surface area contributed by atoms with Crippen molar-refractivity contribution in [3.63, 3.8) is 0 Å². The zero-order valence-corrected chi connectivity index (χ0v) is 14.4. The maximum absolute atomic E-state index is 12.8. The van der Waals surface area contributed by atoms with Gasteiger partial charge in [0.2, 0.25) is 5.91 Å². The first kappa shape index (κ1) is 15.7. The average molecular weight is 365 g/mol. The molecule has 4 nitrogen and oxygen atoms in total. The molecule has 2 unspecified atom stereocenters. The molecule has 5 heteroatoms. The quantitative estimate of drug-likeness (QED) is 0.772. The molecule has 1 aromatic carbocycles. The van der Waals surface area contributed by atoms with E-state index >= 15 is 0 Å².